The number of aromatic amines is 1. The second kappa shape index (κ2) is 8.16. The highest BCUT2D eigenvalue weighted by molar-refractivity contribution is 9.10. The van der Waals surface area contributed by atoms with E-state index in [0.717, 1.165) is 43.1 Å². The Balaban J connectivity index is 1.48. The fraction of sp³-hybridized carbons (Fsp3) is 0. The molecule has 3 aromatic carbocycles. The molecule has 0 radical (unpaired) electrons. The first-order valence-electron chi connectivity index (χ1n) is 9.74. The maximum Gasteiger partial charge on any atom is 0.272 e. The van der Waals surface area contributed by atoms with Crippen molar-refractivity contribution < 1.29 is 4.79 Å². The molecule has 2 aromatic heterocycles. The minimum atomic E-state index is -0.284. The number of aromatic nitrogens is 2. The number of nitrogens with one attached hydrogen (secondary N) is 2. The number of fused-ring (bicyclic) bond motifs is 2. The number of nitrogens with zero attached hydrogens (tertiary/aromatic N) is 2. The van der Waals surface area contributed by atoms with Gasteiger partial charge in [-0.1, -0.05) is 64.5 Å². The van der Waals surface area contributed by atoms with Crippen LogP contribution in [0.1, 0.15) is 15.9 Å². The second-order valence-corrected chi connectivity index (χ2v) is 7.98. The summed E-state index contributed by atoms with van der Waals surface area (Å²) in [7, 11) is 0. The maximum absolute atomic E-state index is 13.0. The molecule has 0 aliphatic carbocycles. The third-order valence-corrected chi connectivity index (χ3v) is 5.62. The molecule has 5 nitrogen and oxygen atoms in total. The lowest BCUT2D eigenvalue weighted by Gasteiger charge is -2.09. The summed E-state index contributed by atoms with van der Waals surface area (Å²) in [6.07, 6.45) is 3.52. The SMILES string of the molecule is O=C(NN=Cc1c[nH]c2ccccc12)c1cc(-c2ccc(Br)cc2)nc2ccccc12. The van der Waals surface area contributed by atoms with E-state index in [2.05, 4.69) is 31.4 Å². The number of carbonyl (C=O) groups excluding carboxylic acids is 1. The molecule has 5 rings (SSSR count). The molecule has 0 saturated carbocycles. The lowest BCUT2D eigenvalue weighted by atomic mass is 10.0. The molecule has 2 N–H and O–H groups in total. The molecule has 0 aliphatic heterocycles. The zero-order valence-electron chi connectivity index (χ0n) is 16.3. The number of hydrazone groups is 1. The topological polar surface area (TPSA) is 70.1 Å². The normalized spacial score (nSPS) is 11.4. The molecule has 0 spiro atoms. The Bertz CT molecular complexity index is 1440. The first-order chi connectivity index (χ1) is 15.2. The van der Waals surface area contributed by atoms with Crippen LogP contribution in [0, 0.1) is 0 Å². The van der Waals surface area contributed by atoms with E-state index < -0.39 is 0 Å². The van der Waals surface area contributed by atoms with Gasteiger partial charge < -0.3 is 4.98 Å². The van der Waals surface area contributed by atoms with Crippen molar-refractivity contribution in [2.75, 3.05) is 0 Å². The Hall–Kier alpha value is -3.77. The van der Waals surface area contributed by atoms with E-state index in [0.29, 0.717) is 5.56 Å². The van der Waals surface area contributed by atoms with Crippen LogP contribution in [0.5, 0.6) is 0 Å². The van der Waals surface area contributed by atoms with E-state index in [9.17, 15) is 4.79 Å². The van der Waals surface area contributed by atoms with Crippen molar-refractivity contribution in [3.63, 3.8) is 0 Å². The molecule has 2 heterocycles. The molecule has 0 bridgehead atoms. The van der Waals surface area contributed by atoms with Crippen LogP contribution in [0.4, 0.5) is 0 Å². The zero-order chi connectivity index (χ0) is 21.2. The first-order valence-corrected chi connectivity index (χ1v) is 10.5. The quantitative estimate of drug-likeness (QED) is 0.254. The number of benzene rings is 3. The Morgan fingerprint density at radius 2 is 1.71 bits per heavy atom. The van der Waals surface area contributed by atoms with Gasteiger partial charge in [-0.2, -0.15) is 5.10 Å². The Kier molecular flexibility index (Phi) is 5.06. The van der Waals surface area contributed by atoms with E-state index in [1.807, 2.05) is 85.1 Å². The molecule has 5 aromatic rings. The molecule has 0 atom stereocenters. The summed E-state index contributed by atoms with van der Waals surface area (Å²) in [5.74, 6) is -0.284. The van der Waals surface area contributed by atoms with E-state index in [1.165, 1.54) is 0 Å². The summed E-state index contributed by atoms with van der Waals surface area (Å²) in [6, 6.07) is 25.2. The number of pyridine rings is 1. The van der Waals surface area contributed by atoms with Crippen molar-refractivity contribution in [1.29, 1.82) is 0 Å². The summed E-state index contributed by atoms with van der Waals surface area (Å²) < 4.78 is 0.988. The van der Waals surface area contributed by atoms with Crippen LogP contribution < -0.4 is 5.43 Å². The van der Waals surface area contributed by atoms with Gasteiger partial charge in [-0.25, -0.2) is 10.4 Å². The largest absolute Gasteiger partial charge is 0.361 e. The standard InChI is InChI=1S/C25H17BrN4O/c26-18-11-9-16(10-12-18)24-13-21(20-6-2-4-8-23(20)29-24)25(31)30-28-15-17-14-27-22-7-3-1-5-19(17)22/h1-15,27H,(H,30,31). The highest BCUT2D eigenvalue weighted by atomic mass is 79.9. The van der Waals surface area contributed by atoms with Crippen LogP contribution in [-0.2, 0) is 0 Å². The molecular formula is C25H17BrN4O. The average molecular weight is 469 g/mol. The third kappa shape index (κ3) is 3.85. The van der Waals surface area contributed by atoms with Crippen molar-refractivity contribution >= 4 is 49.9 Å². The second-order valence-electron chi connectivity index (χ2n) is 7.07. The van der Waals surface area contributed by atoms with Crippen LogP contribution in [0.25, 0.3) is 33.1 Å². The summed E-state index contributed by atoms with van der Waals surface area (Å²) in [5, 5.41) is 6.02. The van der Waals surface area contributed by atoms with E-state index in [-0.39, 0.29) is 5.91 Å². The highest BCUT2D eigenvalue weighted by Crippen LogP contribution is 2.26. The number of rotatable bonds is 4. The summed E-state index contributed by atoms with van der Waals surface area (Å²) in [5.41, 5.74) is 7.55. The van der Waals surface area contributed by atoms with Gasteiger partial charge >= 0.3 is 0 Å². The number of amides is 1. The fourth-order valence-corrected chi connectivity index (χ4v) is 3.82. The monoisotopic (exact) mass is 468 g/mol. The zero-order valence-corrected chi connectivity index (χ0v) is 17.9. The highest BCUT2D eigenvalue weighted by Gasteiger charge is 2.13. The van der Waals surface area contributed by atoms with Crippen LogP contribution in [0.3, 0.4) is 0 Å². The Labute approximate surface area is 187 Å². The lowest BCUT2D eigenvalue weighted by Crippen LogP contribution is -2.18. The van der Waals surface area contributed by atoms with Crippen molar-refractivity contribution in [2.24, 2.45) is 5.10 Å². The van der Waals surface area contributed by atoms with Crippen LogP contribution in [0.15, 0.2) is 94.6 Å². The predicted octanol–water partition coefficient (Wildman–Crippen LogP) is 5.91. The molecule has 150 valence electrons. The third-order valence-electron chi connectivity index (χ3n) is 5.09. The van der Waals surface area contributed by atoms with Gasteiger partial charge in [0.05, 0.1) is 23.0 Å². The molecule has 31 heavy (non-hydrogen) atoms. The van der Waals surface area contributed by atoms with Crippen molar-refractivity contribution in [2.45, 2.75) is 0 Å². The predicted molar refractivity (Wildman–Crippen MR) is 128 cm³/mol. The summed E-state index contributed by atoms with van der Waals surface area (Å²) in [6.45, 7) is 0. The van der Waals surface area contributed by atoms with E-state index in [4.69, 9.17) is 4.98 Å². The average Bonchev–Trinajstić information content (AvgIpc) is 3.22. The maximum atomic E-state index is 13.0. The first kappa shape index (κ1) is 19.2. The van der Waals surface area contributed by atoms with Crippen LogP contribution in [0.2, 0.25) is 0 Å². The van der Waals surface area contributed by atoms with E-state index in [1.54, 1.807) is 6.21 Å². The smallest absolute Gasteiger partial charge is 0.272 e. The Morgan fingerprint density at radius 3 is 2.55 bits per heavy atom. The lowest BCUT2D eigenvalue weighted by molar-refractivity contribution is 0.0956. The van der Waals surface area contributed by atoms with E-state index >= 15 is 0 Å². The van der Waals surface area contributed by atoms with Gasteiger partial charge in [0.25, 0.3) is 5.91 Å². The molecule has 0 fully saturated rings. The minimum absolute atomic E-state index is 0.284. The number of hydrogen-bond acceptors (Lipinski definition) is 3. The van der Waals surface area contributed by atoms with Gasteiger partial charge in [0.15, 0.2) is 0 Å². The van der Waals surface area contributed by atoms with Crippen molar-refractivity contribution in [1.82, 2.24) is 15.4 Å². The van der Waals surface area contributed by atoms with Gasteiger partial charge in [-0.05, 0) is 30.3 Å². The fourth-order valence-electron chi connectivity index (χ4n) is 3.55. The molecule has 0 unspecified atom stereocenters. The molecule has 0 saturated heterocycles. The molecular weight excluding hydrogens is 452 g/mol. The van der Waals surface area contributed by atoms with Crippen LogP contribution in [-0.4, -0.2) is 22.1 Å². The summed E-state index contributed by atoms with van der Waals surface area (Å²) in [4.78, 5) is 21.0. The van der Waals surface area contributed by atoms with Crippen LogP contribution >= 0.6 is 15.9 Å². The van der Waals surface area contributed by atoms with Gasteiger partial charge in [-0.3, -0.25) is 4.79 Å². The van der Waals surface area contributed by atoms with Gasteiger partial charge in [0, 0.05) is 38.1 Å². The van der Waals surface area contributed by atoms with Gasteiger partial charge in [0.1, 0.15) is 0 Å². The van der Waals surface area contributed by atoms with Gasteiger partial charge in [-0.15, -0.1) is 0 Å². The number of halogens is 1. The molecule has 6 heteroatoms. The van der Waals surface area contributed by atoms with Gasteiger partial charge in [0.2, 0.25) is 0 Å². The Morgan fingerprint density at radius 1 is 0.968 bits per heavy atom. The summed E-state index contributed by atoms with van der Waals surface area (Å²) >= 11 is 3.45. The van der Waals surface area contributed by atoms with Crippen molar-refractivity contribution in [3.05, 3.63) is 101 Å². The number of hydrogen-bond donors (Lipinski definition) is 2. The molecule has 0 aliphatic rings. The minimum Gasteiger partial charge on any atom is -0.361 e. The number of para-hydroxylation sites is 2. The molecule has 1 amide bonds. The number of carbonyl (C=O) groups is 1. The number of H-pyrrole nitrogens is 1. The van der Waals surface area contributed by atoms with Crippen molar-refractivity contribution in [3.8, 4) is 11.3 Å².